The average molecular weight is 201 g/mol. The molecule has 0 fully saturated rings. The summed E-state index contributed by atoms with van der Waals surface area (Å²) in [6.45, 7) is -2.38. The normalized spacial score (nSPS) is 15.1. The highest BCUT2D eigenvalue weighted by atomic mass is 35.5. The van der Waals surface area contributed by atoms with E-state index in [4.69, 9.17) is 20.5 Å². The number of ether oxygens (including phenoxy) is 1. The Morgan fingerprint density at radius 1 is 1.62 bits per heavy atom. The summed E-state index contributed by atoms with van der Waals surface area (Å²) in [5.74, 6) is 0.216. The Labute approximate surface area is 84.3 Å². The molecule has 5 heteroatoms. The van der Waals surface area contributed by atoms with Crippen molar-refractivity contribution in [2.75, 3.05) is 7.11 Å². The van der Waals surface area contributed by atoms with Crippen molar-refractivity contribution in [3.05, 3.63) is 17.5 Å². The number of hydrogen-bond acceptors (Lipinski definition) is 3. The molecule has 0 aliphatic carbocycles. The molecule has 68 valence electrons. The van der Waals surface area contributed by atoms with Gasteiger partial charge in [0.25, 0.3) is 0 Å². The maximum Gasteiger partial charge on any atom is 0.182 e. The van der Waals surface area contributed by atoms with Gasteiger partial charge < -0.3 is 4.74 Å². The Morgan fingerprint density at radius 2 is 2.46 bits per heavy atom. The van der Waals surface area contributed by atoms with Crippen LogP contribution in [0, 0.1) is 0 Å². The third-order valence-corrected chi connectivity index (χ3v) is 1.99. The molecule has 13 heavy (non-hydrogen) atoms. The van der Waals surface area contributed by atoms with Crippen LogP contribution in [0.5, 0.6) is 5.75 Å². The molecule has 0 N–H and O–H groups in total. The standard InChI is InChI=1S/C8H8ClN3O/c1-12-6-5(4-11-12)3-10-8(9)7(6)13-2/h3-4H,1-2H3/i1D3. The smallest absolute Gasteiger partial charge is 0.182 e. The lowest BCUT2D eigenvalue weighted by molar-refractivity contribution is 0.416. The molecule has 0 aliphatic heterocycles. The SMILES string of the molecule is [2H]C([2H])([2H])n1ncc2cnc(Cl)c(OC)c21. The fourth-order valence-corrected chi connectivity index (χ4v) is 1.36. The van der Waals surface area contributed by atoms with Crippen LogP contribution in [0.3, 0.4) is 0 Å². The van der Waals surface area contributed by atoms with Crippen LogP contribution in [0.25, 0.3) is 10.9 Å². The van der Waals surface area contributed by atoms with Gasteiger partial charge >= 0.3 is 0 Å². The van der Waals surface area contributed by atoms with Crippen molar-refractivity contribution in [3.8, 4) is 5.75 Å². The van der Waals surface area contributed by atoms with Crippen LogP contribution in [0.1, 0.15) is 4.11 Å². The zero-order chi connectivity index (χ0) is 11.9. The molecule has 0 spiro atoms. The summed E-state index contributed by atoms with van der Waals surface area (Å²) < 4.78 is 27.9. The fourth-order valence-electron chi connectivity index (χ4n) is 1.15. The third kappa shape index (κ3) is 1.14. The molecule has 4 nitrogen and oxygen atoms in total. The Balaban J connectivity index is 2.83. The Kier molecular flexibility index (Phi) is 1.21. The van der Waals surface area contributed by atoms with Gasteiger partial charge in [-0.1, -0.05) is 11.6 Å². The summed E-state index contributed by atoms with van der Waals surface area (Å²) in [4.78, 5) is 3.88. The molecular formula is C8H8ClN3O. The molecule has 2 rings (SSSR count). The van der Waals surface area contributed by atoms with Gasteiger partial charge in [0.15, 0.2) is 10.9 Å². The predicted molar refractivity (Wildman–Crippen MR) is 50.1 cm³/mol. The fraction of sp³-hybridized carbons (Fsp3) is 0.250. The summed E-state index contributed by atoms with van der Waals surface area (Å²) in [7, 11) is 1.40. The maximum absolute atomic E-state index is 7.33. The van der Waals surface area contributed by atoms with E-state index in [1.165, 1.54) is 19.5 Å². The van der Waals surface area contributed by atoms with Crippen molar-refractivity contribution in [2.45, 2.75) is 0 Å². The van der Waals surface area contributed by atoms with E-state index in [0.717, 1.165) is 4.68 Å². The quantitative estimate of drug-likeness (QED) is 0.657. The van der Waals surface area contributed by atoms with E-state index in [1.54, 1.807) is 0 Å². The van der Waals surface area contributed by atoms with Gasteiger partial charge in [-0.05, 0) is 0 Å². The van der Waals surface area contributed by atoms with E-state index < -0.39 is 6.98 Å². The van der Waals surface area contributed by atoms with Gasteiger partial charge in [0.05, 0.1) is 13.3 Å². The number of hydrogen-bond donors (Lipinski definition) is 0. The number of nitrogens with zero attached hydrogens (tertiary/aromatic N) is 3. The summed E-state index contributed by atoms with van der Waals surface area (Å²) in [5.41, 5.74) is 0.322. The van der Waals surface area contributed by atoms with Crippen LogP contribution in [0.2, 0.25) is 5.15 Å². The lowest BCUT2D eigenvalue weighted by Gasteiger charge is -2.04. The van der Waals surface area contributed by atoms with Crippen LogP contribution < -0.4 is 4.74 Å². The van der Waals surface area contributed by atoms with Gasteiger partial charge in [-0.3, -0.25) is 4.68 Å². The van der Waals surface area contributed by atoms with E-state index in [2.05, 4.69) is 10.1 Å². The third-order valence-electron chi connectivity index (χ3n) is 1.72. The molecule has 0 unspecified atom stereocenters. The number of pyridine rings is 1. The molecule has 0 radical (unpaired) electrons. The predicted octanol–water partition coefficient (Wildman–Crippen LogP) is 1.63. The van der Waals surface area contributed by atoms with Gasteiger partial charge in [-0.15, -0.1) is 0 Å². The Morgan fingerprint density at radius 3 is 3.15 bits per heavy atom. The van der Waals surface area contributed by atoms with Crippen molar-refractivity contribution < 1.29 is 8.85 Å². The minimum absolute atomic E-state index is 0.112. The number of methoxy groups -OCH3 is 1. The van der Waals surface area contributed by atoms with Crippen molar-refractivity contribution in [2.24, 2.45) is 6.98 Å². The van der Waals surface area contributed by atoms with E-state index in [9.17, 15) is 0 Å². The zero-order valence-corrected chi connectivity index (χ0v) is 7.54. The van der Waals surface area contributed by atoms with Gasteiger partial charge in [0, 0.05) is 22.7 Å². The van der Waals surface area contributed by atoms with Crippen molar-refractivity contribution in [1.82, 2.24) is 14.8 Å². The lowest BCUT2D eigenvalue weighted by Crippen LogP contribution is -1.94. The molecule has 0 atom stereocenters. The zero-order valence-electron chi connectivity index (χ0n) is 9.78. The average Bonchev–Trinajstić information content (AvgIpc) is 2.60. The number of aryl methyl sites for hydroxylation is 1. The number of fused-ring (bicyclic) bond motifs is 1. The van der Waals surface area contributed by atoms with Crippen molar-refractivity contribution in [3.63, 3.8) is 0 Å². The minimum atomic E-state index is -2.38. The van der Waals surface area contributed by atoms with E-state index >= 15 is 0 Å². The second kappa shape index (κ2) is 2.88. The van der Waals surface area contributed by atoms with E-state index in [1.807, 2.05) is 0 Å². The largest absolute Gasteiger partial charge is 0.491 e. The minimum Gasteiger partial charge on any atom is -0.491 e. The first kappa shape index (κ1) is 5.44. The second-order valence-electron chi connectivity index (χ2n) is 2.44. The van der Waals surface area contributed by atoms with Crippen molar-refractivity contribution in [1.29, 1.82) is 0 Å². The molecule has 0 saturated carbocycles. The van der Waals surface area contributed by atoms with Gasteiger partial charge in [0.1, 0.15) is 5.52 Å². The number of rotatable bonds is 1. The van der Waals surface area contributed by atoms with Crippen LogP contribution in [0.4, 0.5) is 0 Å². The van der Waals surface area contributed by atoms with Crippen LogP contribution >= 0.6 is 11.6 Å². The van der Waals surface area contributed by atoms with Gasteiger partial charge in [0.2, 0.25) is 0 Å². The second-order valence-corrected chi connectivity index (χ2v) is 2.80. The highest BCUT2D eigenvalue weighted by molar-refractivity contribution is 6.31. The molecule has 2 aromatic heterocycles. The van der Waals surface area contributed by atoms with Gasteiger partial charge in [-0.25, -0.2) is 4.98 Å². The highest BCUT2D eigenvalue weighted by Gasteiger charge is 2.11. The van der Waals surface area contributed by atoms with Crippen LogP contribution in [0.15, 0.2) is 12.4 Å². The molecule has 0 amide bonds. The molecule has 0 saturated heterocycles. The topological polar surface area (TPSA) is 39.9 Å². The Hall–Kier alpha value is -1.29. The lowest BCUT2D eigenvalue weighted by atomic mass is 10.3. The van der Waals surface area contributed by atoms with Gasteiger partial charge in [-0.2, -0.15) is 5.10 Å². The van der Waals surface area contributed by atoms with E-state index in [0.29, 0.717) is 10.9 Å². The summed E-state index contributed by atoms with van der Waals surface area (Å²) in [6.07, 6.45) is 2.86. The van der Waals surface area contributed by atoms with Crippen LogP contribution in [-0.4, -0.2) is 21.9 Å². The molecular weight excluding hydrogens is 190 g/mol. The highest BCUT2D eigenvalue weighted by Crippen LogP contribution is 2.30. The number of halogens is 1. The summed E-state index contributed by atoms with van der Waals surface area (Å²) in [6, 6.07) is 0. The molecule has 0 aromatic carbocycles. The Bertz CT molecular complexity index is 537. The first-order valence-electron chi connectivity index (χ1n) is 5.02. The maximum atomic E-state index is 7.33. The number of aromatic nitrogens is 3. The van der Waals surface area contributed by atoms with E-state index in [-0.39, 0.29) is 10.9 Å². The summed E-state index contributed by atoms with van der Waals surface area (Å²) >= 11 is 5.82. The first-order valence-corrected chi connectivity index (χ1v) is 3.89. The molecule has 2 heterocycles. The van der Waals surface area contributed by atoms with Crippen molar-refractivity contribution >= 4 is 22.5 Å². The summed E-state index contributed by atoms with van der Waals surface area (Å²) in [5, 5.41) is 4.47. The van der Waals surface area contributed by atoms with Crippen LogP contribution in [-0.2, 0) is 6.98 Å². The molecule has 0 bridgehead atoms. The monoisotopic (exact) mass is 200 g/mol. The molecule has 2 aromatic rings. The first-order chi connectivity index (χ1) is 7.45. The molecule has 0 aliphatic rings.